The molecule has 3 N–H and O–H groups in total. The minimum atomic E-state index is -0.431. The second-order valence-corrected chi connectivity index (χ2v) is 10.6. The molecular formula is C28H35ClN6O3. The monoisotopic (exact) mass is 538 g/mol. The first-order valence-electron chi connectivity index (χ1n) is 13.2. The zero-order valence-corrected chi connectivity index (χ0v) is 22.4. The molecule has 0 radical (unpaired) electrons. The Kier molecular flexibility index (Phi) is 8.16. The number of likely N-dealkylation sites (tertiary alicyclic amines) is 2. The summed E-state index contributed by atoms with van der Waals surface area (Å²) in [4.78, 5) is 35.0. The number of halogens is 1. The van der Waals surface area contributed by atoms with Gasteiger partial charge >= 0.3 is 6.03 Å². The predicted octanol–water partition coefficient (Wildman–Crippen LogP) is 3.92. The molecule has 3 aromatic rings. The van der Waals surface area contributed by atoms with Gasteiger partial charge in [0.25, 0.3) is 0 Å². The zero-order valence-electron chi connectivity index (χ0n) is 21.7. The van der Waals surface area contributed by atoms with Crippen molar-refractivity contribution in [2.75, 3.05) is 45.2 Å². The number of nitrogens with one attached hydrogen (secondary N) is 1. The van der Waals surface area contributed by atoms with Gasteiger partial charge < -0.3 is 30.2 Å². The fourth-order valence-electron chi connectivity index (χ4n) is 5.66. The fraction of sp³-hybridized carbons (Fsp3) is 0.464. The predicted molar refractivity (Wildman–Crippen MR) is 148 cm³/mol. The lowest BCUT2D eigenvalue weighted by atomic mass is 9.94. The van der Waals surface area contributed by atoms with Crippen LogP contribution < -0.4 is 11.1 Å². The minimum absolute atomic E-state index is 0.0160. The van der Waals surface area contributed by atoms with Crippen LogP contribution >= 0.6 is 11.6 Å². The van der Waals surface area contributed by atoms with Gasteiger partial charge in [0.2, 0.25) is 5.91 Å². The summed E-state index contributed by atoms with van der Waals surface area (Å²) in [6, 6.07) is 14.5. The molecule has 2 fully saturated rings. The van der Waals surface area contributed by atoms with Gasteiger partial charge in [-0.2, -0.15) is 0 Å². The molecule has 2 aromatic carbocycles. The van der Waals surface area contributed by atoms with Crippen LogP contribution in [0.15, 0.2) is 48.5 Å². The molecule has 2 saturated heterocycles. The molecular weight excluding hydrogens is 504 g/mol. The molecule has 0 unspecified atom stereocenters. The number of urea groups is 1. The number of ether oxygens (including phenoxy) is 1. The number of nitrogens with zero attached hydrogens (tertiary/aromatic N) is 4. The van der Waals surface area contributed by atoms with Crippen molar-refractivity contribution in [1.82, 2.24) is 19.4 Å². The van der Waals surface area contributed by atoms with Crippen LogP contribution in [0.5, 0.6) is 0 Å². The van der Waals surface area contributed by atoms with Crippen molar-refractivity contribution < 1.29 is 14.3 Å². The maximum Gasteiger partial charge on any atom is 0.321 e. The molecule has 38 heavy (non-hydrogen) atoms. The number of carbonyl (C=O) groups is 2. The van der Waals surface area contributed by atoms with Gasteiger partial charge in [-0.3, -0.25) is 4.79 Å². The number of imidazole rings is 1. The van der Waals surface area contributed by atoms with Gasteiger partial charge in [-0.05, 0) is 49.6 Å². The summed E-state index contributed by atoms with van der Waals surface area (Å²) in [5, 5.41) is 3.40. The summed E-state index contributed by atoms with van der Waals surface area (Å²) in [6.07, 6.45) is 2.77. The maximum atomic E-state index is 13.7. The van der Waals surface area contributed by atoms with E-state index in [4.69, 9.17) is 27.1 Å². The van der Waals surface area contributed by atoms with Crippen LogP contribution in [-0.4, -0.2) is 77.2 Å². The Hall–Kier alpha value is -3.14. The number of hydrogen-bond acceptors (Lipinski definition) is 5. The zero-order chi connectivity index (χ0) is 26.6. The molecule has 0 saturated carbocycles. The lowest BCUT2D eigenvalue weighted by Gasteiger charge is -2.35. The lowest BCUT2D eigenvalue weighted by Crippen LogP contribution is -2.47. The molecule has 5 rings (SSSR count). The summed E-state index contributed by atoms with van der Waals surface area (Å²) < 4.78 is 7.57. The number of rotatable bonds is 7. The fourth-order valence-corrected chi connectivity index (χ4v) is 5.85. The molecule has 2 aliphatic heterocycles. The highest BCUT2D eigenvalue weighted by Gasteiger charge is 2.41. The van der Waals surface area contributed by atoms with E-state index in [1.165, 1.54) is 0 Å². The van der Waals surface area contributed by atoms with E-state index in [-0.39, 0.29) is 17.9 Å². The third kappa shape index (κ3) is 5.65. The van der Waals surface area contributed by atoms with Crippen molar-refractivity contribution in [3.8, 4) is 0 Å². The Bertz CT molecular complexity index is 1300. The average molecular weight is 539 g/mol. The highest BCUT2D eigenvalue weighted by atomic mass is 35.5. The third-order valence-electron chi connectivity index (χ3n) is 7.56. The molecule has 0 spiro atoms. The van der Waals surface area contributed by atoms with Gasteiger partial charge in [-0.15, -0.1) is 0 Å². The van der Waals surface area contributed by atoms with Gasteiger partial charge in [0.1, 0.15) is 5.82 Å². The Balaban J connectivity index is 1.27. The van der Waals surface area contributed by atoms with Crippen LogP contribution in [0.1, 0.15) is 31.0 Å². The van der Waals surface area contributed by atoms with Crippen LogP contribution in [0.4, 0.5) is 10.5 Å². The highest BCUT2D eigenvalue weighted by Crippen LogP contribution is 2.31. The Labute approximate surface area is 227 Å². The second kappa shape index (κ2) is 11.7. The number of benzene rings is 2. The normalized spacial score (nSPS) is 21.7. The average Bonchev–Trinajstić information content (AvgIpc) is 3.49. The Morgan fingerprint density at radius 1 is 1.13 bits per heavy atom. The first-order chi connectivity index (χ1) is 18.4. The molecule has 9 nitrogen and oxygen atoms in total. The van der Waals surface area contributed by atoms with E-state index in [0.717, 1.165) is 42.7 Å². The lowest BCUT2D eigenvalue weighted by molar-refractivity contribution is -0.136. The number of nitrogens with two attached hydrogens (primary N) is 1. The summed E-state index contributed by atoms with van der Waals surface area (Å²) in [6.45, 7) is 3.42. The summed E-state index contributed by atoms with van der Waals surface area (Å²) in [5.41, 5.74) is 9.10. The van der Waals surface area contributed by atoms with Crippen molar-refractivity contribution in [3.63, 3.8) is 0 Å². The quantitative estimate of drug-likeness (QED) is 0.443. The van der Waals surface area contributed by atoms with Crippen LogP contribution in [-0.2, 0) is 16.1 Å². The first kappa shape index (κ1) is 26.5. The van der Waals surface area contributed by atoms with Crippen molar-refractivity contribution in [1.29, 1.82) is 0 Å². The minimum Gasteiger partial charge on any atom is -0.385 e. The molecule has 0 bridgehead atoms. The van der Waals surface area contributed by atoms with E-state index in [1.54, 1.807) is 36.3 Å². The van der Waals surface area contributed by atoms with Crippen LogP contribution in [0.3, 0.4) is 0 Å². The number of para-hydroxylation sites is 2. The second-order valence-electron chi connectivity index (χ2n) is 10.2. The molecule has 3 atom stereocenters. The van der Waals surface area contributed by atoms with Crippen LogP contribution in [0, 0.1) is 5.92 Å². The number of aromatic nitrogens is 2. The third-order valence-corrected chi connectivity index (χ3v) is 7.79. The van der Waals surface area contributed by atoms with E-state index in [1.807, 2.05) is 23.1 Å². The Morgan fingerprint density at radius 2 is 1.97 bits per heavy atom. The number of carbonyl (C=O) groups excluding carboxylic acids is 2. The SMILES string of the molecule is COCCCn1c([C@@H]2CCCN(C(=O)[C@@H]3CN(C(=O)Nc4cccc(Cl)c4)C[C@H]3N)C2)nc2ccccc21. The molecule has 3 amide bonds. The molecule has 2 aliphatic rings. The summed E-state index contributed by atoms with van der Waals surface area (Å²) in [5.74, 6) is 0.752. The van der Waals surface area contributed by atoms with Gasteiger partial charge in [-0.1, -0.05) is 29.8 Å². The molecule has 1 aromatic heterocycles. The molecule has 3 heterocycles. The van der Waals surface area contributed by atoms with Crippen molar-refractivity contribution >= 4 is 40.3 Å². The smallest absolute Gasteiger partial charge is 0.321 e. The topological polar surface area (TPSA) is 106 Å². The van der Waals surface area contributed by atoms with E-state index < -0.39 is 12.0 Å². The molecule has 10 heteroatoms. The number of piperidine rings is 1. The first-order valence-corrected chi connectivity index (χ1v) is 13.6. The van der Waals surface area contributed by atoms with E-state index in [0.29, 0.717) is 43.5 Å². The van der Waals surface area contributed by atoms with Crippen LogP contribution in [0.25, 0.3) is 11.0 Å². The summed E-state index contributed by atoms with van der Waals surface area (Å²) >= 11 is 6.04. The van der Waals surface area contributed by atoms with Gasteiger partial charge in [0, 0.05) is 69.1 Å². The molecule has 0 aliphatic carbocycles. The van der Waals surface area contributed by atoms with E-state index in [2.05, 4.69) is 16.0 Å². The van der Waals surface area contributed by atoms with Gasteiger partial charge in [0.05, 0.1) is 17.0 Å². The van der Waals surface area contributed by atoms with Crippen molar-refractivity contribution in [2.45, 2.75) is 37.8 Å². The van der Waals surface area contributed by atoms with E-state index in [9.17, 15) is 9.59 Å². The van der Waals surface area contributed by atoms with Crippen molar-refractivity contribution in [3.05, 3.63) is 59.4 Å². The number of methoxy groups -OCH3 is 1. The molecule has 202 valence electrons. The maximum absolute atomic E-state index is 13.7. The van der Waals surface area contributed by atoms with Crippen molar-refractivity contribution in [2.24, 2.45) is 11.7 Å². The van der Waals surface area contributed by atoms with E-state index >= 15 is 0 Å². The number of aryl methyl sites for hydroxylation is 1. The number of anilines is 1. The van der Waals surface area contributed by atoms with Gasteiger partial charge in [-0.25, -0.2) is 9.78 Å². The van der Waals surface area contributed by atoms with Gasteiger partial charge in [0.15, 0.2) is 0 Å². The van der Waals surface area contributed by atoms with Crippen LogP contribution in [0.2, 0.25) is 5.02 Å². The number of fused-ring (bicyclic) bond motifs is 1. The largest absolute Gasteiger partial charge is 0.385 e. The highest BCUT2D eigenvalue weighted by molar-refractivity contribution is 6.30. The Morgan fingerprint density at radius 3 is 2.79 bits per heavy atom. The number of amides is 3. The number of hydrogen-bond donors (Lipinski definition) is 2. The summed E-state index contributed by atoms with van der Waals surface area (Å²) in [7, 11) is 1.72. The standard InChI is InChI=1S/C28H35ClN6O3/c1-38-14-6-13-35-25-11-3-2-10-24(25)32-26(35)19-7-5-12-33(16-19)27(36)22-17-34(18-23(22)30)28(37)31-21-9-4-8-20(29)15-21/h2-4,8-11,15,19,22-23H,5-7,12-14,16-18,30H2,1H3,(H,31,37)/t19-,22-,23-/m1/s1.